The SMILES string of the molecule is CCNc1nc(Nc2ccc(C)cc2Cl)c(F)cc1F. The van der Waals surface area contributed by atoms with E-state index in [0.29, 0.717) is 17.3 Å². The lowest BCUT2D eigenvalue weighted by Gasteiger charge is -2.11. The molecule has 0 unspecified atom stereocenters. The predicted molar refractivity (Wildman–Crippen MR) is 77.8 cm³/mol. The van der Waals surface area contributed by atoms with E-state index in [0.717, 1.165) is 11.6 Å². The second-order valence-corrected chi connectivity index (χ2v) is 4.70. The van der Waals surface area contributed by atoms with Crippen molar-refractivity contribution in [1.82, 2.24) is 4.98 Å². The molecule has 2 N–H and O–H groups in total. The highest BCUT2D eigenvalue weighted by Crippen LogP contribution is 2.28. The van der Waals surface area contributed by atoms with Gasteiger partial charge in [0, 0.05) is 12.6 Å². The first kappa shape index (κ1) is 14.5. The molecule has 0 fully saturated rings. The minimum atomic E-state index is -0.777. The Hall–Kier alpha value is -1.88. The van der Waals surface area contributed by atoms with Crippen molar-refractivity contribution in [2.75, 3.05) is 17.2 Å². The van der Waals surface area contributed by atoms with Gasteiger partial charge in [-0.05, 0) is 31.5 Å². The van der Waals surface area contributed by atoms with Crippen LogP contribution in [0.3, 0.4) is 0 Å². The molecular weight excluding hydrogens is 284 g/mol. The van der Waals surface area contributed by atoms with E-state index < -0.39 is 11.6 Å². The lowest BCUT2D eigenvalue weighted by Crippen LogP contribution is -2.06. The average Bonchev–Trinajstić information content (AvgIpc) is 2.38. The Morgan fingerprint density at radius 2 is 1.85 bits per heavy atom. The summed E-state index contributed by atoms with van der Waals surface area (Å²) >= 11 is 6.06. The second kappa shape index (κ2) is 6.05. The lowest BCUT2D eigenvalue weighted by atomic mass is 10.2. The number of nitrogens with one attached hydrogen (secondary N) is 2. The number of pyridine rings is 1. The van der Waals surface area contributed by atoms with Crippen LogP contribution in [0.15, 0.2) is 24.3 Å². The molecular formula is C14H14ClF2N3. The Balaban J connectivity index is 2.35. The number of anilines is 3. The minimum absolute atomic E-state index is 0.000339. The first-order valence-electron chi connectivity index (χ1n) is 6.14. The van der Waals surface area contributed by atoms with Gasteiger partial charge in [0.25, 0.3) is 0 Å². The van der Waals surface area contributed by atoms with E-state index in [1.807, 2.05) is 13.0 Å². The van der Waals surface area contributed by atoms with Crippen molar-refractivity contribution in [3.8, 4) is 0 Å². The van der Waals surface area contributed by atoms with Crippen LogP contribution in [0.25, 0.3) is 0 Å². The summed E-state index contributed by atoms with van der Waals surface area (Å²) in [6, 6.07) is 6.09. The van der Waals surface area contributed by atoms with Crippen LogP contribution in [0.2, 0.25) is 5.02 Å². The number of halogens is 3. The van der Waals surface area contributed by atoms with Gasteiger partial charge in [-0.15, -0.1) is 0 Å². The number of nitrogens with zero attached hydrogens (tertiary/aromatic N) is 1. The van der Waals surface area contributed by atoms with E-state index >= 15 is 0 Å². The standard InChI is InChI=1S/C14H14ClF2N3/c1-3-18-13-10(16)7-11(17)14(20-13)19-12-5-4-8(2)6-9(12)15/h4-7H,3H2,1-2H3,(H2,18,19,20). The Labute approximate surface area is 121 Å². The van der Waals surface area contributed by atoms with Gasteiger partial charge in [0.15, 0.2) is 23.3 Å². The van der Waals surface area contributed by atoms with Crippen LogP contribution < -0.4 is 10.6 Å². The maximum atomic E-state index is 13.7. The topological polar surface area (TPSA) is 37.0 Å². The van der Waals surface area contributed by atoms with Crippen LogP contribution in [0.4, 0.5) is 26.1 Å². The highest BCUT2D eigenvalue weighted by atomic mass is 35.5. The maximum Gasteiger partial charge on any atom is 0.169 e. The van der Waals surface area contributed by atoms with Crippen LogP contribution in [-0.4, -0.2) is 11.5 Å². The zero-order valence-electron chi connectivity index (χ0n) is 11.1. The van der Waals surface area contributed by atoms with Gasteiger partial charge in [0.1, 0.15) is 0 Å². The van der Waals surface area contributed by atoms with Crippen molar-refractivity contribution in [3.63, 3.8) is 0 Å². The fraction of sp³-hybridized carbons (Fsp3) is 0.214. The Morgan fingerprint density at radius 3 is 2.50 bits per heavy atom. The van der Waals surface area contributed by atoms with E-state index in [2.05, 4.69) is 15.6 Å². The Bertz CT molecular complexity index is 632. The van der Waals surface area contributed by atoms with Crippen LogP contribution >= 0.6 is 11.6 Å². The van der Waals surface area contributed by atoms with Gasteiger partial charge in [-0.3, -0.25) is 0 Å². The molecule has 0 saturated carbocycles. The Morgan fingerprint density at radius 1 is 1.15 bits per heavy atom. The molecule has 2 rings (SSSR count). The third-order valence-electron chi connectivity index (χ3n) is 2.65. The van der Waals surface area contributed by atoms with Crippen molar-refractivity contribution in [3.05, 3.63) is 46.5 Å². The number of rotatable bonds is 4. The Kier molecular flexibility index (Phi) is 4.39. The molecule has 0 saturated heterocycles. The molecule has 0 atom stereocenters. The number of benzene rings is 1. The molecule has 106 valence electrons. The van der Waals surface area contributed by atoms with Gasteiger partial charge >= 0.3 is 0 Å². The van der Waals surface area contributed by atoms with Crippen LogP contribution in [0.1, 0.15) is 12.5 Å². The predicted octanol–water partition coefficient (Wildman–Crippen LogP) is 4.50. The smallest absolute Gasteiger partial charge is 0.169 e. The monoisotopic (exact) mass is 297 g/mol. The highest BCUT2D eigenvalue weighted by molar-refractivity contribution is 6.33. The molecule has 0 radical (unpaired) electrons. The van der Waals surface area contributed by atoms with Crippen molar-refractivity contribution in [2.24, 2.45) is 0 Å². The molecule has 6 heteroatoms. The van der Waals surface area contributed by atoms with Gasteiger partial charge < -0.3 is 10.6 Å². The fourth-order valence-corrected chi connectivity index (χ4v) is 1.98. The van der Waals surface area contributed by atoms with Gasteiger partial charge in [-0.2, -0.15) is 0 Å². The third kappa shape index (κ3) is 3.17. The van der Waals surface area contributed by atoms with Gasteiger partial charge in [-0.25, -0.2) is 13.8 Å². The zero-order valence-corrected chi connectivity index (χ0v) is 11.9. The van der Waals surface area contributed by atoms with Gasteiger partial charge in [0.2, 0.25) is 0 Å². The number of hydrogen-bond donors (Lipinski definition) is 2. The molecule has 20 heavy (non-hydrogen) atoms. The summed E-state index contributed by atoms with van der Waals surface area (Å²) in [5, 5.41) is 5.94. The summed E-state index contributed by atoms with van der Waals surface area (Å²) in [4.78, 5) is 3.89. The van der Waals surface area contributed by atoms with E-state index in [1.165, 1.54) is 0 Å². The summed E-state index contributed by atoms with van der Waals surface area (Å²) in [7, 11) is 0. The van der Waals surface area contributed by atoms with E-state index in [4.69, 9.17) is 11.6 Å². The van der Waals surface area contributed by atoms with E-state index in [-0.39, 0.29) is 11.6 Å². The van der Waals surface area contributed by atoms with Crippen molar-refractivity contribution >= 4 is 28.9 Å². The largest absolute Gasteiger partial charge is 0.368 e. The molecule has 1 aromatic carbocycles. The summed E-state index contributed by atoms with van der Waals surface area (Å²) in [6.07, 6.45) is 0. The quantitative estimate of drug-likeness (QED) is 0.872. The van der Waals surface area contributed by atoms with Crippen molar-refractivity contribution in [2.45, 2.75) is 13.8 Å². The molecule has 0 aliphatic carbocycles. The molecule has 3 nitrogen and oxygen atoms in total. The minimum Gasteiger partial charge on any atom is -0.368 e. The van der Waals surface area contributed by atoms with Crippen LogP contribution in [0.5, 0.6) is 0 Å². The molecule has 2 aromatic rings. The molecule has 0 spiro atoms. The van der Waals surface area contributed by atoms with Gasteiger partial charge in [0.05, 0.1) is 10.7 Å². The number of aromatic nitrogens is 1. The van der Waals surface area contributed by atoms with Crippen molar-refractivity contribution < 1.29 is 8.78 Å². The fourth-order valence-electron chi connectivity index (χ4n) is 1.69. The number of aryl methyl sites for hydroxylation is 1. The van der Waals surface area contributed by atoms with E-state index in [9.17, 15) is 8.78 Å². The molecule has 0 bridgehead atoms. The zero-order chi connectivity index (χ0) is 14.7. The van der Waals surface area contributed by atoms with E-state index in [1.54, 1.807) is 19.1 Å². The van der Waals surface area contributed by atoms with Crippen molar-refractivity contribution in [1.29, 1.82) is 0 Å². The lowest BCUT2D eigenvalue weighted by molar-refractivity contribution is 0.579. The second-order valence-electron chi connectivity index (χ2n) is 4.29. The molecule has 1 heterocycles. The molecule has 1 aromatic heterocycles. The first-order valence-corrected chi connectivity index (χ1v) is 6.52. The summed E-state index contributed by atoms with van der Waals surface area (Å²) in [5.74, 6) is -1.58. The maximum absolute atomic E-state index is 13.7. The summed E-state index contributed by atoms with van der Waals surface area (Å²) in [6.45, 7) is 4.18. The average molecular weight is 298 g/mol. The molecule has 0 aliphatic rings. The highest BCUT2D eigenvalue weighted by Gasteiger charge is 2.12. The van der Waals surface area contributed by atoms with Gasteiger partial charge in [-0.1, -0.05) is 17.7 Å². The summed E-state index contributed by atoms with van der Waals surface area (Å²) < 4.78 is 27.2. The third-order valence-corrected chi connectivity index (χ3v) is 2.96. The van der Waals surface area contributed by atoms with Crippen LogP contribution in [0, 0.1) is 18.6 Å². The first-order chi connectivity index (χ1) is 9.51. The molecule has 0 aliphatic heterocycles. The molecule has 0 amide bonds. The number of hydrogen-bond acceptors (Lipinski definition) is 3. The summed E-state index contributed by atoms with van der Waals surface area (Å²) in [5.41, 5.74) is 1.50. The normalized spacial score (nSPS) is 10.4. The van der Waals surface area contributed by atoms with Crippen LogP contribution in [-0.2, 0) is 0 Å².